The van der Waals surface area contributed by atoms with Gasteiger partial charge in [0, 0.05) is 18.8 Å². The fourth-order valence-electron chi connectivity index (χ4n) is 3.54. The number of hydrogen-bond acceptors (Lipinski definition) is 5. The summed E-state index contributed by atoms with van der Waals surface area (Å²) in [5, 5.41) is 10.1. The molecule has 0 radical (unpaired) electrons. The van der Waals surface area contributed by atoms with E-state index in [2.05, 4.69) is 0 Å². The largest absolute Gasteiger partial charge is 0.503 e. The van der Waals surface area contributed by atoms with Gasteiger partial charge >= 0.3 is 0 Å². The summed E-state index contributed by atoms with van der Waals surface area (Å²) in [5.41, 5.74) is 0.849. The molecule has 35 heavy (non-hydrogen) atoms. The molecule has 3 aromatic carbocycles. The predicted molar refractivity (Wildman–Crippen MR) is 124 cm³/mol. The van der Waals surface area contributed by atoms with Crippen LogP contribution < -0.4 is 10.2 Å². The summed E-state index contributed by atoms with van der Waals surface area (Å²) in [6.07, 6.45) is 2.22. The van der Waals surface area contributed by atoms with Crippen LogP contribution in [0.25, 0.3) is 11.1 Å². The molecule has 0 spiro atoms. The Morgan fingerprint density at radius 2 is 1.54 bits per heavy atom. The summed E-state index contributed by atoms with van der Waals surface area (Å²) in [4.78, 5) is 24.2. The Bertz CT molecular complexity index is 1570. The van der Waals surface area contributed by atoms with Gasteiger partial charge in [0.05, 0.1) is 11.1 Å². The highest BCUT2D eigenvalue weighted by atomic mass is 32.2. The Morgan fingerprint density at radius 3 is 2.23 bits per heavy atom. The smallest absolute Gasteiger partial charge is 0.270 e. The minimum Gasteiger partial charge on any atom is -0.503 e. The number of nitrogens with one attached hydrogen (secondary N) is 1. The quantitative estimate of drug-likeness (QED) is 0.424. The van der Waals surface area contributed by atoms with E-state index >= 15 is 0 Å². The van der Waals surface area contributed by atoms with Gasteiger partial charge in [-0.15, -0.1) is 0 Å². The maximum Gasteiger partial charge on any atom is 0.270 e. The Kier molecular flexibility index (Phi) is 6.48. The topological polar surface area (TPSA) is 105 Å². The lowest BCUT2D eigenvalue weighted by atomic mass is 9.99. The van der Waals surface area contributed by atoms with Gasteiger partial charge in [-0.1, -0.05) is 54.6 Å². The van der Waals surface area contributed by atoms with Crippen molar-refractivity contribution >= 4 is 15.9 Å². The lowest BCUT2D eigenvalue weighted by Gasteiger charge is -2.14. The van der Waals surface area contributed by atoms with Crippen LogP contribution in [0.3, 0.4) is 0 Å². The molecule has 10 heteroatoms. The lowest BCUT2D eigenvalue weighted by molar-refractivity contribution is 0.0979. The maximum atomic E-state index is 13.4. The average Bonchev–Trinajstić information content (AvgIpc) is 2.81. The fourth-order valence-corrected chi connectivity index (χ4v) is 4.55. The second kappa shape index (κ2) is 9.51. The fraction of sp³-hybridized carbons (Fsp3) is 0.0400. The van der Waals surface area contributed by atoms with Crippen molar-refractivity contribution in [3.63, 3.8) is 0 Å². The SMILES string of the molecule is O=C(NS(=O)(=O)c1cc(F)cc(F)c1)c1cn(Cc2ccccc2-c2ccccc2)cc(O)c1=O. The number of pyridine rings is 1. The van der Waals surface area contributed by atoms with Gasteiger partial charge in [-0.05, 0) is 28.8 Å². The normalized spacial score (nSPS) is 11.3. The van der Waals surface area contributed by atoms with E-state index in [1.54, 1.807) is 4.72 Å². The van der Waals surface area contributed by atoms with Crippen molar-refractivity contribution in [2.75, 3.05) is 0 Å². The second-order valence-corrected chi connectivity index (χ2v) is 9.30. The van der Waals surface area contributed by atoms with Crippen molar-refractivity contribution in [2.24, 2.45) is 0 Å². The van der Waals surface area contributed by atoms with E-state index in [0.717, 1.165) is 29.1 Å². The summed E-state index contributed by atoms with van der Waals surface area (Å²) in [6.45, 7) is 0.140. The van der Waals surface area contributed by atoms with E-state index in [1.807, 2.05) is 54.6 Å². The van der Waals surface area contributed by atoms with Crippen LogP contribution in [-0.4, -0.2) is 24.0 Å². The van der Waals surface area contributed by atoms with Gasteiger partial charge in [-0.25, -0.2) is 21.9 Å². The van der Waals surface area contributed by atoms with Crippen LogP contribution in [0.15, 0.2) is 94.9 Å². The molecule has 0 unspecified atom stereocenters. The third-order valence-electron chi connectivity index (χ3n) is 5.13. The van der Waals surface area contributed by atoms with Crippen LogP contribution in [0, 0.1) is 11.6 Å². The Morgan fingerprint density at radius 1 is 0.914 bits per heavy atom. The number of rotatable bonds is 6. The van der Waals surface area contributed by atoms with Crippen LogP contribution in [0.2, 0.25) is 0 Å². The highest BCUT2D eigenvalue weighted by Gasteiger charge is 2.23. The molecule has 178 valence electrons. The summed E-state index contributed by atoms with van der Waals surface area (Å²) < 4.78 is 54.8. The molecule has 0 aliphatic carbocycles. The van der Waals surface area contributed by atoms with Crippen molar-refractivity contribution in [1.82, 2.24) is 9.29 Å². The standard InChI is InChI=1S/C25H18F2N2O5S/c26-18-10-19(27)12-20(11-18)35(33,34)28-25(32)22-14-29(15-23(30)24(22)31)13-17-8-4-5-9-21(17)16-6-2-1-3-7-16/h1-12,14-15,30H,13H2,(H,28,32). The molecule has 7 nitrogen and oxygen atoms in total. The highest BCUT2D eigenvalue weighted by Crippen LogP contribution is 2.24. The molecule has 4 aromatic rings. The average molecular weight is 496 g/mol. The first kappa shape index (κ1) is 23.8. The zero-order valence-electron chi connectivity index (χ0n) is 18.0. The lowest BCUT2D eigenvalue weighted by Crippen LogP contribution is -2.34. The number of sulfonamides is 1. The monoisotopic (exact) mass is 496 g/mol. The zero-order valence-corrected chi connectivity index (χ0v) is 18.8. The van der Waals surface area contributed by atoms with Crippen molar-refractivity contribution in [1.29, 1.82) is 0 Å². The van der Waals surface area contributed by atoms with E-state index in [9.17, 15) is 31.9 Å². The molecule has 0 fully saturated rings. The van der Waals surface area contributed by atoms with Crippen molar-refractivity contribution < 1.29 is 27.1 Å². The number of halogens is 2. The first-order valence-corrected chi connectivity index (χ1v) is 11.7. The van der Waals surface area contributed by atoms with Crippen molar-refractivity contribution in [2.45, 2.75) is 11.4 Å². The van der Waals surface area contributed by atoms with E-state index in [1.165, 1.54) is 4.57 Å². The number of hydrogen-bond donors (Lipinski definition) is 2. The van der Waals surface area contributed by atoms with Crippen molar-refractivity contribution in [3.8, 4) is 16.9 Å². The van der Waals surface area contributed by atoms with Crippen LogP contribution in [0.5, 0.6) is 5.75 Å². The molecule has 0 aliphatic heterocycles. The molecular weight excluding hydrogens is 478 g/mol. The second-order valence-electron chi connectivity index (χ2n) is 7.62. The van der Waals surface area contributed by atoms with Gasteiger partial charge in [0.2, 0.25) is 5.43 Å². The van der Waals surface area contributed by atoms with Gasteiger partial charge in [-0.3, -0.25) is 9.59 Å². The molecule has 4 rings (SSSR count). The van der Waals surface area contributed by atoms with E-state index in [-0.39, 0.29) is 6.54 Å². The summed E-state index contributed by atoms with van der Waals surface area (Å²) in [7, 11) is -4.71. The predicted octanol–water partition coefficient (Wildman–Crippen LogP) is 3.67. The van der Waals surface area contributed by atoms with Gasteiger partial charge in [-0.2, -0.15) is 0 Å². The zero-order chi connectivity index (χ0) is 25.2. The molecule has 0 aliphatic rings. The third kappa shape index (κ3) is 5.28. The first-order chi connectivity index (χ1) is 16.6. The number of aromatic nitrogens is 1. The number of amides is 1. The van der Waals surface area contributed by atoms with Crippen LogP contribution in [0.4, 0.5) is 8.78 Å². The molecule has 1 amide bonds. The number of aromatic hydroxyl groups is 1. The minimum absolute atomic E-state index is 0.140. The van der Waals surface area contributed by atoms with Crippen LogP contribution in [-0.2, 0) is 16.6 Å². The van der Waals surface area contributed by atoms with Crippen LogP contribution in [0.1, 0.15) is 15.9 Å². The summed E-state index contributed by atoms with van der Waals surface area (Å²) >= 11 is 0. The van der Waals surface area contributed by atoms with Crippen LogP contribution >= 0.6 is 0 Å². The van der Waals surface area contributed by atoms with Gasteiger partial charge in [0.25, 0.3) is 15.9 Å². The summed E-state index contributed by atoms with van der Waals surface area (Å²) in [6, 6.07) is 18.4. The highest BCUT2D eigenvalue weighted by molar-refractivity contribution is 7.90. The van der Waals surface area contributed by atoms with Crippen molar-refractivity contribution in [3.05, 3.63) is 118 Å². The molecule has 0 bridgehead atoms. The first-order valence-electron chi connectivity index (χ1n) is 10.2. The maximum absolute atomic E-state index is 13.4. The van der Waals surface area contributed by atoms with E-state index in [4.69, 9.17) is 0 Å². The number of nitrogens with zero attached hydrogens (tertiary/aromatic N) is 1. The molecular formula is C25H18F2N2O5S. The molecule has 0 atom stereocenters. The molecule has 0 saturated heterocycles. The number of benzene rings is 3. The molecule has 1 heterocycles. The Labute approximate surface area is 199 Å². The molecule has 0 saturated carbocycles. The third-order valence-corrected chi connectivity index (χ3v) is 6.44. The Balaban J connectivity index is 1.67. The number of carbonyl (C=O) groups is 1. The Hall–Kier alpha value is -4.31. The van der Waals surface area contributed by atoms with E-state index in [0.29, 0.717) is 18.2 Å². The molecule has 1 aromatic heterocycles. The minimum atomic E-state index is -4.71. The molecule has 2 N–H and O–H groups in total. The number of carbonyl (C=O) groups excluding carboxylic acids is 1. The van der Waals surface area contributed by atoms with Gasteiger partial charge < -0.3 is 9.67 Å². The van der Waals surface area contributed by atoms with Gasteiger partial charge in [0.1, 0.15) is 17.2 Å². The van der Waals surface area contributed by atoms with Gasteiger partial charge in [0.15, 0.2) is 5.75 Å². The van der Waals surface area contributed by atoms with E-state index < -0.39 is 49.2 Å². The summed E-state index contributed by atoms with van der Waals surface area (Å²) in [5.74, 6) is -4.45.